The van der Waals surface area contributed by atoms with Crippen molar-refractivity contribution in [3.05, 3.63) is 59.5 Å². The molecule has 26 heavy (non-hydrogen) atoms. The van der Waals surface area contributed by atoms with Crippen molar-refractivity contribution in [2.24, 2.45) is 0 Å². The number of aryl methyl sites for hydroxylation is 1. The van der Waals surface area contributed by atoms with E-state index in [9.17, 15) is 4.79 Å². The molecule has 0 saturated carbocycles. The van der Waals surface area contributed by atoms with E-state index in [4.69, 9.17) is 13.9 Å². The number of nitrogens with one attached hydrogen (secondary N) is 1. The molecular formula is C19H19N3O4. The van der Waals surface area contributed by atoms with E-state index in [0.717, 1.165) is 11.1 Å². The third-order valence-electron chi connectivity index (χ3n) is 3.81. The zero-order valence-electron chi connectivity index (χ0n) is 14.8. The average molecular weight is 353 g/mol. The van der Waals surface area contributed by atoms with Crippen LogP contribution in [0.1, 0.15) is 21.8 Å². The molecule has 0 saturated heterocycles. The molecule has 1 amide bonds. The van der Waals surface area contributed by atoms with Crippen LogP contribution in [0, 0.1) is 6.92 Å². The van der Waals surface area contributed by atoms with E-state index >= 15 is 0 Å². The topological polar surface area (TPSA) is 86.5 Å². The summed E-state index contributed by atoms with van der Waals surface area (Å²) in [5, 5.41) is 10.7. The average Bonchev–Trinajstić information content (AvgIpc) is 3.15. The quantitative estimate of drug-likeness (QED) is 0.733. The van der Waals surface area contributed by atoms with Crippen LogP contribution < -0.4 is 14.8 Å². The number of rotatable bonds is 6. The maximum absolute atomic E-state index is 12.3. The lowest BCUT2D eigenvalue weighted by atomic mass is 10.1. The maximum atomic E-state index is 12.3. The van der Waals surface area contributed by atoms with Crippen LogP contribution in [-0.4, -0.2) is 30.3 Å². The number of hydrogen-bond acceptors (Lipinski definition) is 6. The Morgan fingerprint density at radius 1 is 1.04 bits per heavy atom. The third-order valence-corrected chi connectivity index (χ3v) is 3.81. The van der Waals surface area contributed by atoms with E-state index in [0.29, 0.717) is 28.8 Å². The van der Waals surface area contributed by atoms with Crippen LogP contribution in [0.4, 0.5) is 0 Å². The van der Waals surface area contributed by atoms with Crippen LogP contribution in [0.2, 0.25) is 0 Å². The first-order valence-corrected chi connectivity index (χ1v) is 8.00. The molecule has 2 aromatic carbocycles. The smallest absolute Gasteiger partial charge is 0.251 e. The molecule has 0 spiro atoms. The number of amides is 1. The van der Waals surface area contributed by atoms with Gasteiger partial charge in [0.25, 0.3) is 5.91 Å². The minimum atomic E-state index is -0.277. The Kier molecular flexibility index (Phi) is 5.17. The normalized spacial score (nSPS) is 10.4. The summed E-state index contributed by atoms with van der Waals surface area (Å²) in [5.74, 6) is 1.51. The van der Waals surface area contributed by atoms with Gasteiger partial charge in [0, 0.05) is 11.1 Å². The molecule has 0 aliphatic carbocycles. The number of aromatic nitrogens is 2. The van der Waals surface area contributed by atoms with Gasteiger partial charge in [-0.25, -0.2) is 0 Å². The van der Waals surface area contributed by atoms with Gasteiger partial charge in [0.15, 0.2) is 11.5 Å². The summed E-state index contributed by atoms with van der Waals surface area (Å²) in [6.45, 7) is 2.14. The molecule has 0 aliphatic rings. The van der Waals surface area contributed by atoms with E-state index in [1.807, 2.05) is 31.2 Å². The van der Waals surface area contributed by atoms with Gasteiger partial charge in [-0.2, -0.15) is 0 Å². The summed E-state index contributed by atoms with van der Waals surface area (Å²) >= 11 is 0. The molecule has 7 heteroatoms. The lowest BCUT2D eigenvalue weighted by Gasteiger charge is -2.09. The Balaban J connectivity index is 1.66. The van der Waals surface area contributed by atoms with E-state index in [1.54, 1.807) is 25.3 Å². The second-order valence-corrected chi connectivity index (χ2v) is 5.62. The maximum Gasteiger partial charge on any atom is 0.251 e. The first-order chi connectivity index (χ1) is 12.6. The number of hydrogen-bond donors (Lipinski definition) is 1. The number of carbonyl (C=O) groups is 1. The standard InChI is InChI=1S/C19H19N3O4/c1-12-4-6-13(7-5-12)19-22-21-17(26-19)11-20-18(23)14-8-9-15(24-2)16(10-14)25-3/h4-10H,11H2,1-3H3,(H,20,23). The van der Waals surface area contributed by atoms with Crippen LogP contribution >= 0.6 is 0 Å². The first-order valence-electron chi connectivity index (χ1n) is 8.00. The van der Waals surface area contributed by atoms with E-state index in [-0.39, 0.29) is 12.5 Å². The van der Waals surface area contributed by atoms with Crippen molar-refractivity contribution in [3.8, 4) is 23.0 Å². The highest BCUT2D eigenvalue weighted by atomic mass is 16.5. The molecule has 7 nitrogen and oxygen atoms in total. The zero-order chi connectivity index (χ0) is 18.5. The highest BCUT2D eigenvalue weighted by Crippen LogP contribution is 2.27. The van der Waals surface area contributed by atoms with Crippen molar-refractivity contribution in [1.82, 2.24) is 15.5 Å². The van der Waals surface area contributed by atoms with Gasteiger partial charge in [0.1, 0.15) is 0 Å². The Labute approximate surface area is 151 Å². The fraction of sp³-hybridized carbons (Fsp3) is 0.211. The van der Waals surface area contributed by atoms with Crippen molar-refractivity contribution >= 4 is 5.91 Å². The minimum absolute atomic E-state index is 0.131. The molecule has 134 valence electrons. The molecule has 3 rings (SSSR count). The van der Waals surface area contributed by atoms with E-state index < -0.39 is 0 Å². The molecular weight excluding hydrogens is 334 g/mol. The van der Waals surface area contributed by atoms with Crippen molar-refractivity contribution in [1.29, 1.82) is 0 Å². The van der Waals surface area contributed by atoms with E-state index in [1.165, 1.54) is 7.11 Å². The lowest BCUT2D eigenvalue weighted by molar-refractivity contribution is 0.0947. The molecule has 3 aromatic rings. The second kappa shape index (κ2) is 7.69. The van der Waals surface area contributed by atoms with Gasteiger partial charge in [-0.05, 0) is 37.3 Å². The second-order valence-electron chi connectivity index (χ2n) is 5.62. The first kappa shape index (κ1) is 17.5. The van der Waals surface area contributed by atoms with Gasteiger partial charge in [-0.15, -0.1) is 10.2 Å². The largest absolute Gasteiger partial charge is 0.493 e. The Morgan fingerprint density at radius 2 is 1.77 bits per heavy atom. The Morgan fingerprint density at radius 3 is 2.46 bits per heavy atom. The molecule has 1 N–H and O–H groups in total. The van der Waals surface area contributed by atoms with Crippen LogP contribution in [0.25, 0.3) is 11.5 Å². The number of nitrogens with zero attached hydrogens (tertiary/aromatic N) is 2. The summed E-state index contributed by atoms with van der Waals surface area (Å²) in [6.07, 6.45) is 0. The van der Waals surface area contributed by atoms with Crippen LogP contribution in [0.3, 0.4) is 0 Å². The highest BCUT2D eigenvalue weighted by Gasteiger charge is 2.13. The van der Waals surface area contributed by atoms with Gasteiger partial charge in [0.05, 0.1) is 20.8 Å². The van der Waals surface area contributed by atoms with Crippen molar-refractivity contribution in [3.63, 3.8) is 0 Å². The molecule has 0 bridgehead atoms. The van der Waals surface area contributed by atoms with Crippen LogP contribution in [0.5, 0.6) is 11.5 Å². The Hall–Kier alpha value is -3.35. The SMILES string of the molecule is COc1ccc(C(=O)NCc2nnc(-c3ccc(C)cc3)o2)cc1OC. The molecule has 0 unspecified atom stereocenters. The molecule has 0 aliphatic heterocycles. The van der Waals surface area contributed by atoms with Crippen molar-refractivity contribution in [2.75, 3.05) is 14.2 Å². The molecule has 0 fully saturated rings. The summed E-state index contributed by atoms with van der Waals surface area (Å²) in [4.78, 5) is 12.3. The van der Waals surface area contributed by atoms with Gasteiger partial charge in [0.2, 0.25) is 11.8 Å². The van der Waals surface area contributed by atoms with Gasteiger partial charge in [-0.1, -0.05) is 17.7 Å². The predicted octanol–water partition coefficient (Wildman–Crippen LogP) is 2.99. The lowest BCUT2D eigenvalue weighted by Crippen LogP contribution is -2.23. The predicted molar refractivity (Wildman–Crippen MR) is 95.2 cm³/mol. The van der Waals surface area contributed by atoms with Gasteiger partial charge < -0.3 is 19.2 Å². The van der Waals surface area contributed by atoms with Crippen LogP contribution in [0.15, 0.2) is 46.9 Å². The monoisotopic (exact) mass is 353 g/mol. The number of benzene rings is 2. The fourth-order valence-electron chi connectivity index (χ4n) is 2.37. The van der Waals surface area contributed by atoms with Crippen LogP contribution in [-0.2, 0) is 6.54 Å². The number of carbonyl (C=O) groups excluding carboxylic acids is 1. The summed E-state index contributed by atoms with van der Waals surface area (Å²) in [6, 6.07) is 12.7. The summed E-state index contributed by atoms with van der Waals surface area (Å²) in [7, 11) is 3.06. The molecule has 1 heterocycles. The van der Waals surface area contributed by atoms with Crippen molar-refractivity contribution < 1.29 is 18.7 Å². The van der Waals surface area contributed by atoms with E-state index in [2.05, 4.69) is 15.5 Å². The van der Waals surface area contributed by atoms with Gasteiger partial charge >= 0.3 is 0 Å². The molecule has 0 radical (unpaired) electrons. The molecule has 0 atom stereocenters. The van der Waals surface area contributed by atoms with Gasteiger partial charge in [-0.3, -0.25) is 4.79 Å². The highest BCUT2D eigenvalue weighted by molar-refractivity contribution is 5.94. The number of ether oxygens (including phenoxy) is 2. The Bertz CT molecular complexity index is 903. The number of methoxy groups -OCH3 is 2. The molecule has 1 aromatic heterocycles. The summed E-state index contributed by atoms with van der Waals surface area (Å²) in [5.41, 5.74) is 2.43. The summed E-state index contributed by atoms with van der Waals surface area (Å²) < 4.78 is 16.0. The van der Waals surface area contributed by atoms with Crippen molar-refractivity contribution in [2.45, 2.75) is 13.5 Å². The third kappa shape index (κ3) is 3.83. The minimum Gasteiger partial charge on any atom is -0.493 e. The zero-order valence-corrected chi connectivity index (χ0v) is 14.8. The fourth-order valence-corrected chi connectivity index (χ4v) is 2.37.